The summed E-state index contributed by atoms with van der Waals surface area (Å²) in [7, 11) is 0. The Morgan fingerprint density at radius 1 is 1.38 bits per heavy atom. The van der Waals surface area contributed by atoms with Gasteiger partial charge in [0.25, 0.3) is 6.47 Å². The van der Waals surface area contributed by atoms with Crippen LogP contribution in [-0.2, 0) is 9.59 Å². The number of H-pyrrole nitrogens is 1. The topological polar surface area (TPSA) is 152 Å². The number of benzene rings is 1. The van der Waals surface area contributed by atoms with Crippen molar-refractivity contribution in [3.05, 3.63) is 24.5 Å². The summed E-state index contributed by atoms with van der Waals surface area (Å²) in [5, 5.41) is 15.7. The third-order valence-corrected chi connectivity index (χ3v) is 4.32. The van der Waals surface area contributed by atoms with Crippen molar-refractivity contribution < 1.29 is 19.5 Å². The maximum absolute atomic E-state index is 11.9. The Bertz CT molecular complexity index is 1050. The molecule has 11 nitrogen and oxygen atoms in total. The number of rotatable bonds is 4. The second kappa shape index (κ2) is 8.87. The number of carboxylic acid groups (broad SMARTS) is 1. The maximum atomic E-state index is 11.9. The van der Waals surface area contributed by atoms with Crippen LogP contribution in [0, 0.1) is 0 Å². The Labute approximate surface area is 165 Å². The molecule has 0 aliphatic carbocycles. The molecule has 0 radical (unpaired) electrons. The van der Waals surface area contributed by atoms with E-state index in [1.165, 1.54) is 6.33 Å². The maximum Gasteiger partial charge on any atom is 0.319 e. The van der Waals surface area contributed by atoms with E-state index < -0.39 is 0 Å². The van der Waals surface area contributed by atoms with Gasteiger partial charge in [0, 0.05) is 24.9 Å². The standard InChI is InChI=1S/C17H19N7O2.CH2O2/c1-2-18-17(26)21-11-6-3-5-10-13-15(22-14(10)11)19-9-20-16(13)23-24-8-4-7-12(24)25;2-1-3/h3,5-6,9H,2,4,7-8H2,1H3,(H2,18,21,26)(H2,19,20,22,23);1H,(H,2,3). The van der Waals surface area contributed by atoms with Crippen LogP contribution in [-0.4, -0.2) is 56.6 Å². The van der Waals surface area contributed by atoms with Crippen molar-refractivity contribution in [3.8, 4) is 0 Å². The van der Waals surface area contributed by atoms with Gasteiger partial charge in [0.15, 0.2) is 5.82 Å². The first kappa shape index (κ1) is 19.9. The lowest BCUT2D eigenvalue weighted by Gasteiger charge is -2.17. The van der Waals surface area contributed by atoms with E-state index in [1.54, 1.807) is 5.01 Å². The molecule has 1 aromatic carbocycles. The first-order chi connectivity index (χ1) is 14.1. The first-order valence-electron chi connectivity index (χ1n) is 9.04. The number of carbonyl (C=O) groups is 3. The van der Waals surface area contributed by atoms with Gasteiger partial charge >= 0.3 is 6.03 Å². The van der Waals surface area contributed by atoms with E-state index in [-0.39, 0.29) is 18.4 Å². The van der Waals surface area contributed by atoms with Crippen molar-refractivity contribution in [1.82, 2.24) is 25.3 Å². The van der Waals surface area contributed by atoms with Crippen LogP contribution in [0.1, 0.15) is 19.8 Å². The van der Waals surface area contributed by atoms with Gasteiger partial charge in [0.2, 0.25) is 5.91 Å². The minimum Gasteiger partial charge on any atom is -0.483 e. The molecule has 1 aliphatic heterocycles. The molecule has 3 amide bonds. The third kappa shape index (κ3) is 4.18. The van der Waals surface area contributed by atoms with Gasteiger partial charge < -0.3 is 20.7 Å². The Kier molecular flexibility index (Phi) is 6.07. The summed E-state index contributed by atoms with van der Waals surface area (Å²) >= 11 is 0. The predicted octanol–water partition coefficient (Wildman–Crippen LogP) is 1.90. The summed E-state index contributed by atoms with van der Waals surface area (Å²) in [5.74, 6) is 0.613. The van der Waals surface area contributed by atoms with E-state index in [0.29, 0.717) is 36.7 Å². The molecule has 0 unspecified atom stereocenters. The van der Waals surface area contributed by atoms with Gasteiger partial charge in [-0.1, -0.05) is 12.1 Å². The molecule has 0 spiro atoms. The number of anilines is 2. The predicted molar refractivity (Wildman–Crippen MR) is 107 cm³/mol. The lowest BCUT2D eigenvalue weighted by atomic mass is 10.2. The largest absolute Gasteiger partial charge is 0.483 e. The highest BCUT2D eigenvalue weighted by molar-refractivity contribution is 6.15. The molecule has 3 heterocycles. The van der Waals surface area contributed by atoms with Crippen LogP contribution in [0.4, 0.5) is 16.3 Å². The molecule has 5 N–H and O–H groups in total. The Morgan fingerprint density at radius 3 is 2.86 bits per heavy atom. The number of nitrogens with zero attached hydrogens (tertiary/aromatic N) is 3. The van der Waals surface area contributed by atoms with Crippen LogP contribution in [0.2, 0.25) is 0 Å². The third-order valence-electron chi connectivity index (χ3n) is 4.32. The normalized spacial score (nSPS) is 13.1. The van der Waals surface area contributed by atoms with Crippen LogP contribution in [0.15, 0.2) is 24.5 Å². The van der Waals surface area contributed by atoms with Gasteiger partial charge in [0.05, 0.1) is 16.6 Å². The highest BCUT2D eigenvalue weighted by Gasteiger charge is 2.22. The number of nitrogens with one attached hydrogen (secondary N) is 4. The monoisotopic (exact) mass is 399 g/mol. The Morgan fingerprint density at radius 2 is 2.17 bits per heavy atom. The van der Waals surface area contributed by atoms with Gasteiger partial charge in [-0.25, -0.2) is 14.8 Å². The number of fused-ring (bicyclic) bond motifs is 3. The number of para-hydroxylation sites is 1. The molecule has 0 saturated carbocycles. The molecule has 1 saturated heterocycles. The zero-order valence-corrected chi connectivity index (χ0v) is 15.7. The molecule has 4 rings (SSSR count). The molecule has 152 valence electrons. The highest BCUT2D eigenvalue weighted by Crippen LogP contribution is 2.33. The summed E-state index contributed by atoms with van der Waals surface area (Å²) in [6.07, 6.45) is 2.81. The number of aromatic nitrogens is 3. The van der Waals surface area contributed by atoms with Crippen molar-refractivity contribution in [2.75, 3.05) is 23.8 Å². The molecule has 1 fully saturated rings. The average molecular weight is 399 g/mol. The fraction of sp³-hybridized carbons (Fsp3) is 0.278. The number of urea groups is 1. The fourth-order valence-corrected chi connectivity index (χ4v) is 3.16. The molecule has 0 atom stereocenters. The second-order valence-electron chi connectivity index (χ2n) is 6.15. The average Bonchev–Trinajstić information content (AvgIpc) is 3.27. The van der Waals surface area contributed by atoms with E-state index in [4.69, 9.17) is 9.90 Å². The molecule has 3 aromatic rings. The number of amides is 3. The summed E-state index contributed by atoms with van der Waals surface area (Å²) in [6.45, 7) is 2.80. The van der Waals surface area contributed by atoms with E-state index in [1.807, 2.05) is 25.1 Å². The second-order valence-corrected chi connectivity index (χ2v) is 6.15. The van der Waals surface area contributed by atoms with Crippen LogP contribution in [0.5, 0.6) is 0 Å². The Balaban J connectivity index is 0.000000755. The van der Waals surface area contributed by atoms with Crippen molar-refractivity contribution in [2.45, 2.75) is 19.8 Å². The number of carbonyl (C=O) groups excluding carboxylic acids is 2. The zero-order chi connectivity index (χ0) is 20.8. The lowest BCUT2D eigenvalue weighted by molar-refractivity contribution is -0.126. The molecular weight excluding hydrogens is 378 g/mol. The lowest BCUT2D eigenvalue weighted by Crippen LogP contribution is -2.31. The van der Waals surface area contributed by atoms with E-state index in [0.717, 1.165) is 22.7 Å². The molecular formula is C18H21N7O4. The van der Waals surface area contributed by atoms with Gasteiger partial charge in [0.1, 0.15) is 12.0 Å². The van der Waals surface area contributed by atoms with Gasteiger partial charge in [-0.05, 0) is 19.4 Å². The van der Waals surface area contributed by atoms with Crippen LogP contribution < -0.4 is 16.1 Å². The first-order valence-corrected chi connectivity index (χ1v) is 9.04. The van der Waals surface area contributed by atoms with Gasteiger partial charge in [-0.3, -0.25) is 20.0 Å². The van der Waals surface area contributed by atoms with Crippen molar-refractivity contribution in [3.63, 3.8) is 0 Å². The van der Waals surface area contributed by atoms with Gasteiger partial charge in [-0.15, -0.1) is 0 Å². The zero-order valence-electron chi connectivity index (χ0n) is 15.7. The number of hydrogen-bond donors (Lipinski definition) is 5. The van der Waals surface area contributed by atoms with Gasteiger partial charge in [-0.2, -0.15) is 0 Å². The quantitative estimate of drug-likeness (QED) is 0.420. The van der Waals surface area contributed by atoms with Crippen LogP contribution in [0.3, 0.4) is 0 Å². The number of hydrogen-bond acceptors (Lipinski definition) is 6. The highest BCUT2D eigenvalue weighted by atomic mass is 16.3. The fourth-order valence-electron chi connectivity index (χ4n) is 3.16. The number of hydrazine groups is 1. The molecule has 11 heteroatoms. The number of aromatic amines is 1. The van der Waals surface area contributed by atoms with E-state index in [2.05, 4.69) is 31.0 Å². The molecule has 0 bridgehead atoms. The molecule has 2 aromatic heterocycles. The minimum absolute atomic E-state index is 0.0511. The molecule has 29 heavy (non-hydrogen) atoms. The Hall–Kier alpha value is -3.89. The summed E-state index contributed by atoms with van der Waals surface area (Å²) < 4.78 is 0. The van der Waals surface area contributed by atoms with Crippen molar-refractivity contribution >= 4 is 51.9 Å². The van der Waals surface area contributed by atoms with Crippen molar-refractivity contribution in [1.29, 1.82) is 0 Å². The smallest absolute Gasteiger partial charge is 0.319 e. The van der Waals surface area contributed by atoms with E-state index >= 15 is 0 Å². The van der Waals surface area contributed by atoms with Crippen LogP contribution >= 0.6 is 0 Å². The molecule has 1 aliphatic rings. The summed E-state index contributed by atoms with van der Waals surface area (Å²) in [5.41, 5.74) is 5.14. The minimum atomic E-state index is -0.272. The SMILES string of the molecule is CCNC(=O)Nc1cccc2c1[nH]c1ncnc(NN3CCCC3=O)c12.O=CO. The summed E-state index contributed by atoms with van der Waals surface area (Å²) in [4.78, 5) is 44.0. The van der Waals surface area contributed by atoms with E-state index in [9.17, 15) is 9.59 Å². The summed E-state index contributed by atoms with van der Waals surface area (Å²) in [6, 6.07) is 5.33. The van der Waals surface area contributed by atoms with Crippen LogP contribution in [0.25, 0.3) is 21.9 Å². The van der Waals surface area contributed by atoms with Crippen molar-refractivity contribution in [2.24, 2.45) is 0 Å².